The maximum Gasteiger partial charge on any atom is 0.421 e. The van der Waals surface area contributed by atoms with E-state index in [1.807, 2.05) is 6.07 Å². The molecule has 0 bridgehead atoms. The zero-order valence-electron chi connectivity index (χ0n) is 16.8. The minimum Gasteiger partial charge on any atom is -0.381 e. The van der Waals surface area contributed by atoms with Crippen LogP contribution in [0.5, 0.6) is 0 Å². The minimum absolute atomic E-state index is 0.119. The Hall–Kier alpha value is -3.31. The predicted octanol–water partition coefficient (Wildman–Crippen LogP) is 3.38. The number of H-pyrrole nitrogens is 1. The van der Waals surface area contributed by atoms with Gasteiger partial charge in [-0.25, -0.2) is 19.6 Å². The Morgan fingerprint density at radius 2 is 1.88 bits per heavy atom. The Bertz CT molecular complexity index is 1230. The number of hydrogen-bond donors (Lipinski definition) is 2. The zero-order chi connectivity index (χ0) is 22.3. The third-order valence-corrected chi connectivity index (χ3v) is 5.89. The summed E-state index contributed by atoms with van der Waals surface area (Å²) < 4.78 is 48.4. The number of aliphatic hydroxyl groups is 1. The van der Waals surface area contributed by atoms with E-state index in [-0.39, 0.29) is 31.6 Å². The molecule has 32 heavy (non-hydrogen) atoms. The molecule has 0 aromatic carbocycles. The van der Waals surface area contributed by atoms with Crippen LogP contribution in [0.3, 0.4) is 0 Å². The van der Waals surface area contributed by atoms with E-state index in [4.69, 9.17) is 4.74 Å². The Morgan fingerprint density at radius 1 is 1.06 bits per heavy atom. The molecule has 1 saturated heterocycles. The van der Waals surface area contributed by atoms with Gasteiger partial charge in [-0.15, -0.1) is 0 Å². The van der Waals surface area contributed by atoms with Gasteiger partial charge in [0.2, 0.25) is 0 Å². The van der Waals surface area contributed by atoms with E-state index in [1.54, 1.807) is 24.9 Å². The number of alkyl halides is 3. The van der Waals surface area contributed by atoms with Crippen LogP contribution in [0.1, 0.15) is 18.4 Å². The lowest BCUT2D eigenvalue weighted by atomic mass is 9.77. The van der Waals surface area contributed by atoms with Gasteiger partial charge in [0.05, 0.1) is 18.0 Å². The molecule has 166 valence electrons. The Morgan fingerprint density at radius 3 is 2.59 bits per heavy atom. The van der Waals surface area contributed by atoms with E-state index in [1.165, 1.54) is 16.8 Å². The number of aromatic nitrogens is 6. The van der Waals surface area contributed by atoms with Crippen molar-refractivity contribution in [3.63, 3.8) is 0 Å². The molecule has 1 aliphatic heterocycles. The number of pyridine rings is 2. The molecule has 1 unspecified atom stereocenters. The molecule has 1 fully saturated rings. The molecular weight excluding hydrogens is 425 g/mol. The van der Waals surface area contributed by atoms with Crippen molar-refractivity contribution in [2.24, 2.45) is 5.92 Å². The molecule has 8 nitrogen and oxygen atoms in total. The largest absolute Gasteiger partial charge is 0.421 e. The van der Waals surface area contributed by atoms with Crippen LogP contribution < -0.4 is 0 Å². The summed E-state index contributed by atoms with van der Waals surface area (Å²) in [6, 6.07) is 4.49. The molecule has 11 heteroatoms. The molecule has 0 saturated carbocycles. The van der Waals surface area contributed by atoms with Crippen molar-refractivity contribution in [1.29, 1.82) is 0 Å². The number of imidazole rings is 1. The topological polar surface area (TPSA) is 102 Å². The highest BCUT2D eigenvalue weighted by Crippen LogP contribution is 2.47. The van der Waals surface area contributed by atoms with E-state index < -0.39 is 17.7 Å². The Kier molecular flexibility index (Phi) is 4.94. The predicted molar refractivity (Wildman–Crippen MR) is 108 cm³/mol. The average molecular weight is 444 g/mol. The molecule has 1 atom stereocenters. The van der Waals surface area contributed by atoms with Crippen LogP contribution in [0.25, 0.3) is 28.1 Å². The van der Waals surface area contributed by atoms with E-state index in [2.05, 4.69) is 25.0 Å². The van der Waals surface area contributed by atoms with Gasteiger partial charge < -0.3 is 14.8 Å². The summed E-state index contributed by atoms with van der Waals surface area (Å²) in [6.45, 7) is 0.368. The van der Waals surface area contributed by atoms with E-state index >= 15 is 0 Å². The molecule has 4 aromatic rings. The van der Waals surface area contributed by atoms with Crippen LogP contribution in [-0.4, -0.2) is 54.2 Å². The molecule has 0 radical (unpaired) electrons. The quantitative estimate of drug-likeness (QED) is 0.500. The summed E-state index contributed by atoms with van der Waals surface area (Å²) in [4.78, 5) is 15.5. The lowest BCUT2D eigenvalue weighted by molar-refractivity contribution is -0.293. The van der Waals surface area contributed by atoms with Crippen molar-refractivity contribution in [1.82, 2.24) is 29.7 Å². The number of rotatable bonds is 4. The van der Waals surface area contributed by atoms with Gasteiger partial charge in [0.15, 0.2) is 17.1 Å². The summed E-state index contributed by atoms with van der Waals surface area (Å²) in [5.74, 6) is -0.671. The fourth-order valence-corrected chi connectivity index (χ4v) is 4.17. The fraction of sp³-hybridized carbons (Fsp3) is 0.333. The van der Waals surface area contributed by atoms with Gasteiger partial charge >= 0.3 is 6.18 Å². The van der Waals surface area contributed by atoms with E-state index in [0.717, 1.165) is 22.8 Å². The van der Waals surface area contributed by atoms with Crippen LogP contribution in [0.4, 0.5) is 13.2 Å². The monoisotopic (exact) mass is 444 g/mol. The summed E-state index contributed by atoms with van der Waals surface area (Å²) >= 11 is 0. The van der Waals surface area contributed by atoms with Crippen LogP contribution >= 0.6 is 0 Å². The van der Waals surface area contributed by atoms with Crippen LogP contribution in [0.2, 0.25) is 0 Å². The standard InChI is InChI=1S/C21H19F3N6O2/c22-21(23,24)20(31,14-4-7-32-8-5-14)15-1-2-17(26-10-15)30-11-13(9-29-30)16-3-6-25-19-18(16)27-12-28-19/h1-3,6,9-12,14,31H,4-5,7-8H2,(H,25,27,28). The third-order valence-electron chi connectivity index (χ3n) is 5.89. The number of halogens is 3. The third kappa shape index (κ3) is 3.33. The van der Waals surface area contributed by atoms with Gasteiger partial charge in [0.25, 0.3) is 0 Å². The van der Waals surface area contributed by atoms with Crippen molar-refractivity contribution in [3.05, 3.63) is 54.9 Å². The lowest BCUT2D eigenvalue weighted by Crippen LogP contribution is -2.50. The molecule has 4 aromatic heterocycles. The second-order valence-electron chi connectivity index (χ2n) is 7.69. The summed E-state index contributed by atoms with van der Waals surface area (Å²) in [5.41, 5.74) is -0.357. The van der Waals surface area contributed by atoms with Crippen molar-refractivity contribution >= 4 is 11.2 Å². The zero-order valence-corrected chi connectivity index (χ0v) is 16.8. The molecule has 2 N–H and O–H groups in total. The van der Waals surface area contributed by atoms with Gasteiger partial charge in [-0.3, -0.25) is 0 Å². The van der Waals surface area contributed by atoms with Crippen molar-refractivity contribution in [3.8, 4) is 16.9 Å². The summed E-state index contributed by atoms with van der Waals surface area (Å²) in [6.07, 6.45) is 2.99. The molecule has 5 heterocycles. The molecule has 5 rings (SSSR count). The number of nitrogens with one attached hydrogen (secondary N) is 1. The second kappa shape index (κ2) is 7.68. The number of nitrogens with zero attached hydrogens (tertiary/aromatic N) is 5. The maximum atomic E-state index is 13.9. The highest BCUT2D eigenvalue weighted by molar-refractivity contribution is 5.88. The maximum absolute atomic E-state index is 13.9. The SMILES string of the molecule is OC(c1ccc(-n2cc(-c3ccnc4nc[nH]c34)cn2)nc1)(C1CCOCC1)C(F)(F)F. The molecule has 0 aliphatic carbocycles. The normalized spacial score (nSPS) is 17.5. The van der Waals surface area contributed by atoms with Gasteiger partial charge in [0, 0.05) is 54.4 Å². The van der Waals surface area contributed by atoms with Crippen molar-refractivity contribution < 1.29 is 23.0 Å². The average Bonchev–Trinajstić information content (AvgIpc) is 3.48. The first-order chi connectivity index (χ1) is 15.4. The van der Waals surface area contributed by atoms with Gasteiger partial charge in [-0.05, 0) is 25.0 Å². The lowest BCUT2D eigenvalue weighted by Gasteiger charge is -2.39. The van der Waals surface area contributed by atoms with Crippen LogP contribution in [0.15, 0.2) is 49.3 Å². The fourth-order valence-electron chi connectivity index (χ4n) is 4.17. The smallest absolute Gasteiger partial charge is 0.381 e. The Labute approximate surface area is 180 Å². The van der Waals surface area contributed by atoms with E-state index in [9.17, 15) is 18.3 Å². The van der Waals surface area contributed by atoms with Crippen LogP contribution in [-0.2, 0) is 10.3 Å². The molecule has 0 amide bonds. The number of ether oxygens (including phenoxy) is 1. The van der Waals surface area contributed by atoms with Crippen LogP contribution in [0, 0.1) is 5.92 Å². The second-order valence-corrected chi connectivity index (χ2v) is 7.69. The summed E-state index contributed by atoms with van der Waals surface area (Å²) in [5, 5.41) is 15.1. The van der Waals surface area contributed by atoms with E-state index in [0.29, 0.717) is 11.5 Å². The first-order valence-corrected chi connectivity index (χ1v) is 10.0. The highest BCUT2D eigenvalue weighted by Gasteiger charge is 2.59. The number of fused-ring (bicyclic) bond motifs is 1. The molecule has 1 aliphatic rings. The number of hydrogen-bond acceptors (Lipinski definition) is 6. The first-order valence-electron chi connectivity index (χ1n) is 10.0. The molecule has 0 spiro atoms. The highest BCUT2D eigenvalue weighted by atomic mass is 19.4. The minimum atomic E-state index is -4.84. The molecular formula is C21H19F3N6O2. The van der Waals surface area contributed by atoms with Crippen molar-refractivity contribution in [2.75, 3.05) is 13.2 Å². The van der Waals surface area contributed by atoms with Gasteiger partial charge in [0.1, 0.15) is 0 Å². The van der Waals surface area contributed by atoms with Crippen molar-refractivity contribution in [2.45, 2.75) is 24.6 Å². The summed E-state index contributed by atoms with van der Waals surface area (Å²) in [7, 11) is 0. The van der Waals surface area contributed by atoms with Gasteiger partial charge in [-0.2, -0.15) is 18.3 Å². The first kappa shape index (κ1) is 20.6. The number of aromatic amines is 1. The Balaban J connectivity index is 1.47. The van der Waals surface area contributed by atoms with Gasteiger partial charge in [-0.1, -0.05) is 6.07 Å².